The maximum absolute atomic E-state index is 12.6. The van der Waals surface area contributed by atoms with Gasteiger partial charge in [-0.3, -0.25) is 14.8 Å². The molecule has 12 heteroatoms. The summed E-state index contributed by atoms with van der Waals surface area (Å²) >= 11 is 6.50. The number of anilines is 2. The summed E-state index contributed by atoms with van der Waals surface area (Å²) in [6, 6.07) is 12.0. The van der Waals surface area contributed by atoms with Gasteiger partial charge in [-0.2, -0.15) is 8.42 Å². The second-order valence-electron chi connectivity index (χ2n) is 6.51. The average Bonchev–Trinajstić information content (AvgIpc) is 3.24. The van der Waals surface area contributed by atoms with E-state index in [4.69, 9.17) is 16.3 Å². The highest BCUT2D eigenvalue weighted by atomic mass is 35.5. The molecular weight excluding hydrogens is 476 g/mol. The number of halogens is 1. The maximum atomic E-state index is 12.6. The summed E-state index contributed by atoms with van der Waals surface area (Å²) < 4.78 is 32.3. The number of carbonyl (C=O) groups excluding carboxylic acids is 2. The molecule has 0 aliphatic rings. The molecule has 3 aromatic rings. The molecule has 2 N–H and O–H groups in total. The van der Waals surface area contributed by atoms with E-state index < -0.39 is 21.9 Å². The van der Waals surface area contributed by atoms with Gasteiger partial charge in [-0.1, -0.05) is 36.3 Å². The summed E-state index contributed by atoms with van der Waals surface area (Å²) in [5.74, 6) is -0.950. The third-order valence-electron chi connectivity index (χ3n) is 4.07. The molecule has 9 nitrogen and oxygen atoms in total. The molecule has 2 aromatic carbocycles. The van der Waals surface area contributed by atoms with Crippen LogP contribution in [0.4, 0.5) is 10.8 Å². The molecule has 0 fully saturated rings. The number of carbonyl (C=O) groups is 2. The monoisotopic (exact) mass is 494 g/mol. The summed E-state index contributed by atoms with van der Waals surface area (Å²) in [5.41, 5.74) is 0.879. The van der Waals surface area contributed by atoms with Crippen LogP contribution in [0.5, 0.6) is 0 Å². The lowest BCUT2D eigenvalue weighted by molar-refractivity contribution is 0.0499. The predicted octanol–water partition coefficient (Wildman–Crippen LogP) is 4.20. The van der Waals surface area contributed by atoms with Gasteiger partial charge < -0.3 is 4.74 Å². The van der Waals surface area contributed by atoms with Crippen molar-refractivity contribution in [3.8, 4) is 0 Å². The topological polar surface area (TPSA) is 127 Å². The van der Waals surface area contributed by atoms with Crippen LogP contribution in [0.2, 0.25) is 5.02 Å². The second-order valence-corrected chi connectivity index (χ2v) is 9.78. The first-order valence-electron chi connectivity index (χ1n) is 9.49. The highest BCUT2D eigenvalue weighted by molar-refractivity contribution is 7.94. The lowest BCUT2D eigenvalue weighted by Gasteiger charge is -2.07. The first kappa shape index (κ1) is 23.6. The zero-order valence-electron chi connectivity index (χ0n) is 16.9. The molecular formula is C20H19ClN4O5S2. The minimum atomic E-state index is -4.04. The molecule has 1 heterocycles. The molecule has 0 aliphatic heterocycles. The van der Waals surface area contributed by atoms with E-state index in [1.54, 1.807) is 12.1 Å². The van der Waals surface area contributed by atoms with Crippen molar-refractivity contribution < 1.29 is 22.7 Å². The number of sulfonamides is 1. The van der Waals surface area contributed by atoms with Gasteiger partial charge in [0.15, 0.2) is 0 Å². The number of benzene rings is 2. The minimum absolute atomic E-state index is 0.0236. The first-order valence-corrected chi connectivity index (χ1v) is 12.2. The smallest absolute Gasteiger partial charge is 0.338 e. The molecule has 0 atom stereocenters. The van der Waals surface area contributed by atoms with Gasteiger partial charge in [-0.05, 0) is 55.0 Å². The Morgan fingerprint density at radius 1 is 1.03 bits per heavy atom. The van der Waals surface area contributed by atoms with Crippen LogP contribution in [-0.4, -0.2) is 37.1 Å². The number of unbranched alkanes of at least 4 members (excludes halogenated alkanes) is 1. The first-order chi connectivity index (χ1) is 15.3. The maximum Gasteiger partial charge on any atom is 0.338 e. The molecule has 3 rings (SSSR count). The van der Waals surface area contributed by atoms with Crippen LogP contribution in [0.25, 0.3) is 0 Å². The quantitative estimate of drug-likeness (QED) is 0.259. The molecule has 0 radical (unpaired) electrons. The van der Waals surface area contributed by atoms with Crippen molar-refractivity contribution in [1.82, 2.24) is 10.2 Å². The van der Waals surface area contributed by atoms with Crippen LogP contribution in [-0.2, 0) is 14.8 Å². The van der Waals surface area contributed by atoms with Crippen molar-refractivity contribution in [2.45, 2.75) is 24.1 Å². The van der Waals surface area contributed by atoms with E-state index in [1.165, 1.54) is 36.4 Å². The van der Waals surface area contributed by atoms with Crippen molar-refractivity contribution in [3.05, 3.63) is 64.7 Å². The number of amides is 1. The average molecular weight is 495 g/mol. The van der Waals surface area contributed by atoms with Gasteiger partial charge in [0.25, 0.3) is 20.3 Å². The van der Waals surface area contributed by atoms with Crippen molar-refractivity contribution in [1.29, 1.82) is 0 Å². The number of nitrogens with zero attached hydrogens (tertiary/aromatic N) is 2. The Morgan fingerprint density at radius 3 is 2.34 bits per heavy atom. The Hall–Kier alpha value is -3.02. The zero-order valence-corrected chi connectivity index (χ0v) is 19.3. The number of hydrogen-bond donors (Lipinski definition) is 2. The Bertz CT molecular complexity index is 1200. The lowest BCUT2D eigenvalue weighted by atomic mass is 10.2. The van der Waals surface area contributed by atoms with Gasteiger partial charge in [0.2, 0.25) is 5.13 Å². The van der Waals surface area contributed by atoms with E-state index in [0.29, 0.717) is 34.1 Å². The van der Waals surface area contributed by atoms with Crippen LogP contribution < -0.4 is 10.0 Å². The second kappa shape index (κ2) is 10.5. The number of ether oxygens (including phenoxy) is 1. The van der Waals surface area contributed by atoms with E-state index >= 15 is 0 Å². The van der Waals surface area contributed by atoms with E-state index in [1.807, 2.05) is 6.92 Å². The molecule has 32 heavy (non-hydrogen) atoms. The van der Waals surface area contributed by atoms with Gasteiger partial charge in [0.05, 0.1) is 12.2 Å². The molecule has 0 aliphatic carbocycles. The zero-order chi connectivity index (χ0) is 23.1. The van der Waals surface area contributed by atoms with Gasteiger partial charge in [0, 0.05) is 16.3 Å². The van der Waals surface area contributed by atoms with E-state index in [2.05, 4.69) is 20.2 Å². The molecule has 0 saturated carbocycles. The van der Waals surface area contributed by atoms with Gasteiger partial charge in [-0.15, -0.1) is 10.2 Å². The van der Waals surface area contributed by atoms with Gasteiger partial charge in [-0.25, -0.2) is 4.79 Å². The van der Waals surface area contributed by atoms with Crippen LogP contribution in [0.3, 0.4) is 0 Å². The number of nitrogens with one attached hydrogen (secondary N) is 2. The van der Waals surface area contributed by atoms with Crippen LogP contribution in [0.1, 0.15) is 40.5 Å². The Kier molecular flexibility index (Phi) is 7.78. The minimum Gasteiger partial charge on any atom is -0.462 e. The standard InChI is InChI=1S/C20H19ClN4O5S2/c1-2-3-12-30-18(27)14-6-10-16(11-7-14)25-32(28,29)20-24-23-19(31-20)22-17(26)13-4-8-15(21)9-5-13/h4-11,25H,2-3,12H2,1H3,(H,22,23,26). The van der Waals surface area contributed by atoms with Crippen LogP contribution in [0.15, 0.2) is 52.9 Å². The molecule has 0 spiro atoms. The molecule has 0 bridgehead atoms. The summed E-state index contributed by atoms with van der Waals surface area (Å²) in [6.45, 7) is 2.32. The highest BCUT2D eigenvalue weighted by Gasteiger charge is 2.21. The molecule has 1 aromatic heterocycles. The van der Waals surface area contributed by atoms with Gasteiger partial charge in [0.1, 0.15) is 0 Å². The molecule has 0 saturated heterocycles. The number of rotatable bonds is 9. The van der Waals surface area contributed by atoms with E-state index in [-0.39, 0.29) is 15.2 Å². The SMILES string of the molecule is CCCCOC(=O)c1ccc(NS(=O)(=O)c2nnc(NC(=O)c3ccc(Cl)cc3)s2)cc1. The van der Waals surface area contributed by atoms with Crippen LogP contribution >= 0.6 is 22.9 Å². The predicted molar refractivity (Wildman–Crippen MR) is 122 cm³/mol. The lowest BCUT2D eigenvalue weighted by Crippen LogP contribution is -2.13. The van der Waals surface area contributed by atoms with Crippen molar-refractivity contribution >= 4 is 55.7 Å². The Morgan fingerprint density at radius 2 is 1.69 bits per heavy atom. The summed E-state index contributed by atoms with van der Waals surface area (Å²) in [6.07, 6.45) is 1.68. The summed E-state index contributed by atoms with van der Waals surface area (Å²) in [5, 5.41) is 10.4. The summed E-state index contributed by atoms with van der Waals surface area (Å²) in [7, 11) is -4.04. The summed E-state index contributed by atoms with van der Waals surface area (Å²) in [4.78, 5) is 24.2. The largest absolute Gasteiger partial charge is 0.462 e. The third kappa shape index (κ3) is 6.25. The highest BCUT2D eigenvalue weighted by Crippen LogP contribution is 2.23. The van der Waals surface area contributed by atoms with Crippen LogP contribution in [0, 0.1) is 0 Å². The normalized spacial score (nSPS) is 11.1. The molecule has 0 unspecified atom stereocenters. The van der Waals surface area contributed by atoms with Gasteiger partial charge >= 0.3 is 5.97 Å². The number of hydrogen-bond acceptors (Lipinski definition) is 8. The Balaban J connectivity index is 1.63. The van der Waals surface area contributed by atoms with Crippen molar-refractivity contribution in [2.75, 3.05) is 16.6 Å². The van der Waals surface area contributed by atoms with E-state index in [9.17, 15) is 18.0 Å². The fourth-order valence-corrected chi connectivity index (χ4v) is 4.49. The molecule has 168 valence electrons. The molecule has 1 amide bonds. The Labute approximate surface area is 193 Å². The number of esters is 1. The van der Waals surface area contributed by atoms with Crippen molar-refractivity contribution in [3.63, 3.8) is 0 Å². The fourth-order valence-electron chi connectivity index (χ4n) is 2.41. The fraction of sp³-hybridized carbons (Fsp3) is 0.200. The number of aromatic nitrogens is 2. The third-order valence-corrected chi connectivity index (χ3v) is 6.91. The van der Waals surface area contributed by atoms with Crippen molar-refractivity contribution in [2.24, 2.45) is 0 Å². The van der Waals surface area contributed by atoms with E-state index in [0.717, 1.165) is 12.8 Å².